The third-order valence-corrected chi connectivity index (χ3v) is 4.14. The van der Waals surface area contributed by atoms with Crippen molar-refractivity contribution in [3.63, 3.8) is 0 Å². The van der Waals surface area contributed by atoms with E-state index < -0.39 is 0 Å². The van der Waals surface area contributed by atoms with Gasteiger partial charge in [-0.1, -0.05) is 81.6 Å². The molecule has 0 aliphatic carbocycles. The van der Waals surface area contributed by atoms with Crippen LogP contribution in [0, 0.1) is 13.8 Å². The second-order valence-corrected chi connectivity index (χ2v) is 6.07. The molecule has 0 amide bonds. The highest BCUT2D eigenvalue weighted by Gasteiger charge is 1.96. The summed E-state index contributed by atoms with van der Waals surface area (Å²) in [6.07, 6.45) is 7.82. The highest BCUT2D eigenvalue weighted by Crippen LogP contribution is 2.13. The fraction of sp³-hybridized carbons (Fsp3) is 0.455. The molecule has 0 saturated heterocycles. The summed E-state index contributed by atoms with van der Waals surface area (Å²) in [5.41, 5.74) is 5.75. The topological polar surface area (TPSA) is 0 Å². The Labute approximate surface area is 137 Å². The standard InChI is InChI=1S/C14H22.C8H10/c1-4-5-6-7-8-14-10-9-12(2)13(3)11-14;1-2-8-6-4-3-5-7-8/h9-11H,4-8H2,1-3H3;3-7H,2H2,1H3. The van der Waals surface area contributed by atoms with Crippen LogP contribution in [0.2, 0.25) is 0 Å². The van der Waals surface area contributed by atoms with Crippen molar-refractivity contribution >= 4 is 0 Å². The zero-order valence-electron chi connectivity index (χ0n) is 14.9. The Morgan fingerprint density at radius 2 is 1.41 bits per heavy atom. The summed E-state index contributed by atoms with van der Waals surface area (Å²) in [6, 6.07) is 17.3. The Kier molecular flexibility index (Phi) is 9.30. The molecule has 0 bridgehead atoms. The lowest BCUT2D eigenvalue weighted by molar-refractivity contribution is 0.666. The van der Waals surface area contributed by atoms with E-state index in [0.717, 1.165) is 6.42 Å². The first kappa shape index (κ1) is 18.5. The predicted octanol–water partition coefficient (Wildman–Crippen LogP) is 6.68. The minimum atomic E-state index is 1.14. The Morgan fingerprint density at radius 3 is 1.95 bits per heavy atom. The van der Waals surface area contributed by atoms with E-state index in [-0.39, 0.29) is 0 Å². The molecule has 2 aromatic carbocycles. The van der Waals surface area contributed by atoms with E-state index in [4.69, 9.17) is 0 Å². The minimum absolute atomic E-state index is 1.14. The number of benzene rings is 2. The van der Waals surface area contributed by atoms with E-state index >= 15 is 0 Å². The van der Waals surface area contributed by atoms with Gasteiger partial charge in [0.2, 0.25) is 0 Å². The van der Waals surface area contributed by atoms with E-state index in [1.54, 1.807) is 0 Å². The molecule has 0 radical (unpaired) electrons. The third kappa shape index (κ3) is 7.45. The Balaban J connectivity index is 0.000000255. The van der Waals surface area contributed by atoms with Crippen LogP contribution in [0.5, 0.6) is 0 Å². The van der Waals surface area contributed by atoms with Crippen molar-refractivity contribution in [3.05, 3.63) is 70.8 Å². The fourth-order valence-corrected chi connectivity index (χ4v) is 2.43. The van der Waals surface area contributed by atoms with E-state index in [9.17, 15) is 0 Å². The molecule has 0 saturated carbocycles. The van der Waals surface area contributed by atoms with Gasteiger partial charge in [-0.15, -0.1) is 0 Å². The average molecular weight is 296 g/mol. The van der Waals surface area contributed by atoms with Crippen LogP contribution in [0.15, 0.2) is 48.5 Å². The number of hydrogen-bond acceptors (Lipinski definition) is 0. The van der Waals surface area contributed by atoms with Gasteiger partial charge in [0, 0.05) is 0 Å². The molecule has 0 unspecified atom stereocenters. The summed E-state index contributed by atoms with van der Waals surface area (Å²) in [7, 11) is 0. The van der Waals surface area contributed by atoms with E-state index in [2.05, 4.69) is 70.2 Å². The molecule has 2 rings (SSSR count). The van der Waals surface area contributed by atoms with Gasteiger partial charge < -0.3 is 0 Å². The zero-order chi connectivity index (χ0) is 16.2. The summed E-state index contributed by atoms with van der Waals surface area (Å²) in [5.74, 6) is 0. The fourth-order valence-electron chi connectivity index (χ4n) is 2.43. The van der Waals surface area contributed by atoms with Crippen molar-refractivity contribution in [3.8, 4) is 0 Å². The van der Waals surface area contributed by atoms with Crippen LogP contribution >= 0.6 is 0 Å². The van der Waals surface area contributed by atoms with Crippen molar-refractivity contribution < 1.29 is 0 Å². The van der Waals surface area contributed by atoms with Crippen molar-refractivity contribution in [2.24, 2.45) is 0 Å². The van der Waals surface area contributed by atoms with Crippen LogP contribution < -0.4 is 0 Å². The van der Waals surface area contributed by atoms with E-state index in [0.29, 0.717) is 0 Å². The van der Waals surface area contributed by atoms with Crippen molar-refractivity contribution in [1.82, 2.24) is 0 Å². The molecule has 22 heavy (non-hydrogen) atoms. The van der Waals surface area contributed by atoms with Crippen LogP contribution in [0.3, 0.4) is 0 Å². The number of unbranched alkanes of at least 4 members (excludes halogenated alkanes) is 3. The molecule has 0 aliphatic heterocycles. The quantitative estimate of drug-likeness (QED) is 0.522. The Morgan fingerprint density at radius 1 is 0.682 bits per heavy atom. The zero-order valence-corrected chi connectivity index (χ0v) is 14.9. The lowest BCUT2D eigenvalue weighted by Gasteiger charge is -2.04. The molecule has 0 aromatic heterocycles. The molecule has 0 aliphatic rings. The normalized spacial score (nSPS) is 10.0. The van der Waals surface area contributed by atoms with Crippen molar-refractivity contribution in [2.75, 3.05) is 0 Å². The van der Waals surface area contributed by atoms with E-state index in [1.165, 1.54) is 54.4 Å². The molecule has 120 valence electrons. The minimum Gasteiger partial charge on any atom is -0.0654 e. The first-order valence-corrected chi connectivity index (χ1v) is 8.77. The maximum Gasteiger partial charge on any atom is -0.0279 e. The Hall–Kier alpha value is -1.56. The third-order valence-electron chi connectivity index (χ3n) is 4.14. The van der Waals surface area contributed by atoms with E-state index in [1.807, 2.05) is 6.07 Å². The lowest BCUT2D eigenvalue weighted by atomic mass is 10.0. The molecule has 0 heterocycles. The summed E-state index contributed by atoms with van der Waals surface area (Å²) >= 11 is 0. The molecule has 0 atom stereocenters. The summed E-state index contributed by atoms with van der Waals surface area (Å²) < 4.78 is 0. The van der Waals surface area contributed by atoms with Gasteiger partial charge >= 0.3 is 0 Å². The molecule has 0 N–H and O–H groups in total. The van der Waals surface area contributed by atoms with Crippen LogP contribution in [0.25, 0.3) is 0 Å². The molecule has 0 nitrogen and oxygen atoms in total. The maximum absolute atomic E-state index is 2.33. The molecule has 2 aromatic rings. The Bertz CT molecular complexity index is 511. The first-order chi connectivity index (χ1) is 10.7. The van der Waals surface area contributed by atoms with Gasteiger partial charge in [0.05, 0.1) is 0 Å². The average Bonchev–Trinajstić information content (AvgIpc) is 2.56. The molecule has 0 heteroatoms. The number of hydrogen-bond donors (Lipinski definition) is 0. The lowest BCUT2D eigenvalue weighted by Crippen LogP contribution is -1.88. The van der Waals surface area contributed by atoms with Crippen molar-refractivity contribution in [1.29, 1.82) is 0 Å². The van der Waals surface area contributed by atoms with Gasteiger partial charge in [-0.3, -0.25) is 0 Å². The van der Waals surface area contributed by atoms with Gasteiger partial charge in [0.15, 0.2) is 0 Å². The van der Waals surface area contributed by atoms with Crippen LogP contribution in [0.4, 0.5) is 0 Å². The second kappa shape index (κ2) is 11.1. The number of rotatable bonds is 6. The van der Waals surface area contributed by atoms with Gasteiger partial charge in [0.1, 0.15) is 0 Å². The van der Waals surface area contributed by atoms with Crippen LogP contribution in [0.1, 0.15) is 61.8 Å². The van der Waals surface area contributed by atoms with Crippen molar-refractivity contribution in [2.45, 2.75) is 66.2 Å². The van der Waals surface area contributed by atoms with Gasteiger partial charge in [-0.25, -0.2) is 0 Å². The van der Waals surface area contributed by atoms with Crippen LogP contribution in [-0.2, 0) is 12.8 Å². The van der Waals surface area contributed by atoms with Gasteiger partial charge in [-0.2, -0.15) is 0 Å². The highest BCUT2D eigenvalue weighted by molar-refractivity contribution is 5.29. The maximum atomic E-state index is 2.33. The SMILES string of the molecule is CCCCCCc1ccc(C)c(C)c1.CCc1ccccc1. The summed E-state index contributed by atoms with van der Waals surface area (Å²) in [4.78, 5) is 0. The molecule has 0 spiro atoms. The largest absolute Gasteiger partial charge is 0.0654 e. The second-order valence-electron chi connectivity index (χ2n) is 6.07. The summed E-state index contributed by atoms with van der Waals surface area (Å²) in [6.45, 7) is 8.80. The summed E-state index contributed by atoms with van der Waals surface area (Å²) in [5, 5.41) is 0. The number of aryl methyl sites for hydroxylation is 4. The monoisotopic (exact) mass is 296 g/mol. The van der Waals surface area contributed by atoms with Gasteiger partial charge in [-0.05, 0) is 55.4 Å². The van der Waals surface area contributed by atoms with Gasteiger partial charge in [0.25, 0.3) is 0 Å². The molecule has 0 fully saturated rings. The highest BCUT2D eigenvalue weighted by atomic mass is 14.0. The molecular formula is C22H32. The molecular weight excluding hydrogens is 264 g/mol. The van der Waals surface area contributed by atoms with Crippen LogP contribution in [-0.4, -0.2) is 0 Å². The first-order valence-electron chi connectivity index (χ1n) is 8.77. The smallest absolute Gasteiger partial charge is 0.0279 e. The predicted molar refractivity (Wildman–Crippen MR) is 99.6 cm³/mol.